The Bertz CT molecular complexity index is 1240. The first-order chi connectivity index (χ1) is 14.9. The zero-order valence-electron chi connectivity index (χ0n) is 16.7. The van der Waals surface area contributed by atoms with E-state index in [0.29, 0.717) is 22.7 Å². The van der Waals surface area contributed by atoms with Crippen LogP contribution in [0.4, 0.5) is 10.5 Å². The molecule has 31 heavy (non-hydrogen) atoms. The van der Waals surface area contributed by atoms with E-state index in [1.807, 2.05) is 42.5 Å². The third-order valence-corrected chi connectivity index (χ3v) is 5.56. The summed E-state index contributed by atoms with van der Waals surface area (Å²) in [5.74, 6) is 0.147. The Hall–Kier alpha value is -4.07. The summed E-state index contributed by atoms with van der Waals surface area (Å²) in [6, 6.07) is 17.7. The third-order valence-electron chi connectivity index (χ3n) is 5.56. The highest BCUT2D eigenvalue weighted by atomic mass is 16.7. The van der Waals surface area contributed by atoms with Crippen molar-refractivity contribution >= 4 is 34.3 Å². The fraction of sp³-hybridized carbons (Fsp3) is 0.174. The van der Waals surface area contributed by atoms with Crippen LogP contribution < -0.4 is 20.1 Å². The van der Waals surface area contributed by atoms with Crippen LogP contribution in [0.3, 0.4) is 0 Å². The van der Waals surface area contributed by atoms with Crippen LogP contribution in [-0.4, -0.2) is 36.1 Å². The van der Waals surface area contributed by atoms with Crippen LogP contribution in [0, 0.1) is 0 Å². The number of anilines is 1. The Kier molecular flexibility index (Phi) is 4.28. The van der Waals surface area contributed by atoms with Gasteiger partial charge in [-0.3, -0.25) is 14.5 Å². The number of hydrogen-bond acceptors (Lipinski definition) is 5. The number of nitrogens with one attached hydrogen (secondary N) is 2. The number of carbonyl (C=O) groups excluding carboxylic acids is 3. The van der Waals surface area contributed by atoms with Gasteiger partial charge in [-0.25, -0.2) is 4.79 Å². The average Bonchev–Trinajstić information content (AvgIpc) is 3.32. The van der Waals surface area contributed by atoms with Crippen LogP contribution in [0.5, 0.6) is 11.5 Å². The molecule has 1 fully saturated rings. The van der Waals surface area contributed by atoms with Crippen molar-refractivity contribution in [2.45, 2.75) is 12.5 Å². The standard InChI is InChI=1S/C23H19N3O5/c1-23(16-7-6-14-4-2-3-5-15(14)10-16)21(28)26(22(29)25-23)12-20(27)24-17-8-9-18-19(11-17)31-13-30-18/h2-11H,12-13H2,1H3,(H,24,27)(H,25,29)/t23-/m0/s1. The monoisotopic (exact) mass is 417 g/mol. The van der Waals surface area contributed by atoms with E-state index in [4.69, 9.17) is 9.47 Å². The molecule has 156 valence electrons. The van der Waals surface area contributed by atoms with E-state index in [-0.39, 0.29) is 6.79 Å². The van der Waals surface area contributed by atoms with Gasteiger partial charge in [0.1, 0.15) is 12.1 Å². The van der Waals surface area contributed by atoms with E-state index in [2.05, 4.69) is 10.6 Å². The van der Waals surface area contributed by atoms with Crippen molar-refractivity contribution in [2.24, 2.45) is 0 Å². The molecular weight excluding hydrogens is 398 g/mol. The fourth-order valence-electron chi connectivity index (χ4n) is 3.85. The number of ether oxygens (including phenoxy) is 2. The molecular formula is C23H19N3O5. The summed E-state index contributed by atoms with van der Waals surface area (Å²) >= 11 is 0. The minimum absolute atomic E-state index is 0.128. The normalized spacial score (nSPS) is 19.6. The van der Waals surface area contributed by atoms with Crippen LogP contribution in [0.15, 0.2) is 60.7 Å². The molecule has 8 heteroatoms. The molecule has 0 aliphatic carbocycles. The van der Waals surface area contributed by atoms with E-state index in [9.17, 15) is 14.4 Å². The Morgan fingerprint density at radius 1 is 1.03 bits per heavy atom. The predicted molar refractivity (Wildman–Crippen MR) is 113 cm³/mol. The zero-order chi connectivity index (χ0) is 21.6. The molecule has 2 N–H and O–H groups in total. The van der Waals surface area contributed by atoms with Crippen LogP contribution in [0.2, 0.25) is 0 Å². The number of amides is 4. The first-order valence-corrected chi connectivity index (χ1v) is 9.77. The summed E-state index contributed by atoms with van der Waals surface area (Å²) in [5.41, 5.74) is -0.109. The Morgan fingerprint density at radius 2 is 1.81 bits per heavy atom. The number of rotatable bonds is 4. The number of urea groups is 1. The third kappa shape index (κ3) is 3.22. The second-order valence-corrected chi connectivity index (χ2v) is 7.62. The molecule has 4 amide bonds. The predicted octanol–water partition coefficient (Wildman–Crippen LogP) is 2.97. The summed E-state index contributed by atoms with van der Waals surface area (Å²) < 4.78 is 10.5. The van der Waals surface area contributed by atoms with E-state index >= 15 is 0 Å². The average molecular weight is 417 g/mol. The molecule has 5 rings (SSSR count). The van der Waals surface area contributed by atoms with Crippen molar-refractivity contribution in [1.82, 2.24) is 10.2 Å². The second kappa shape index (κ2) is 7.02. The van der Waals surface area contributed by atoms with Gasteiger partial charge in [-0.15, -0.1) is 0 Å². The Balaban J connectivity index is 1.33. The number of hydrogen-bond donors (Lipinski definition) is 2. The van der Waals surface area contributed by atoms with Crippen molar-refractivity contribution in [2.75, 3.05) is 18.7 Å². The summed E-state index contributed by atoms with van der Waals surface area (Å²) in [7, 11) is 0. The lowest BCUT2D eigenvalue weighted by Crippen LogP contribution is -2.42. The Morgan fingerprint density at radius 3 is 2.65 bits per heavy atom. The molecule has 0 spiro atoms. The smallest absolute Gasteiger partial charge is 0.325 e. The van der Waals surface area contributed by atoms with E-state index in [1.54, 1.807) is 25.1 Å². The molecule has 2 heterocycles. The number of benzene rings is 3. The van der Waals surface area contributed by atoms with Crippen LogP contribution in [0.1, 0.15) is 12.5 Å². The Labute approximate surface area is 177 Å². The quantitative estimate of drug-likeness (QED) is 0.636. The molecule has 2 aliphatic heterocycles. The maximum atomic E-state index is 13.1. The van der Waals surface area contributed by atoms with Gasteiger partial charge in [0.05, 0.1) is 0 Å². The van der Waals surface area contributed by atoms with E-state index < -0.39 is 29.9 Å². The van der Waals surface area contributed by atoms with Gasteiger partial charge in [0, 0.05) is 11.8 Å². The van der Waals surface area contributed by atoms with Crippen molar-refractivity contribution in [3.05, 3.63) is 66.2 Å². The van der Waals surface area contributed by atoms with Crippen LogP contribution in [-0.2, 0) is 15.1 Å². The maximum absolute atomic E-state index is 13.1. The summed E-state index contributed by atoms with van der Waals surface area (Å²) in [6.07, 6.45) is 0. The van der Waals surface area contributed by atoms with Crippen molar-refractivity contribution < 1.29 is 23.9 Å². The van der Waals surface area contributed by atoms with Gasteiger partial charge in [0.25, 0.3) is 5.91 Å². The molecule has 0 bridgehead atoms. The number of imide groups is 1. The summed E-state index contributed by atoms with van der Waals surface area (Å²) in [4.78, 5) is 39.2. The van der Waals surface area contributed by atoms with Gasteiger partial charge in [-0.2, -0.15) is 0 Å². The van der Waals surface area contributed by atoms with Gasteiger partial charge in [0.15, 0.2) is 11.5 Å². The lowest BCUT2D eigenvalue weighted by atomic mass is 9.90. The fourth-order valence-corrected chi connectivity index (χ4v) is 3.85. The van der Waals surface area contributed by atoms with Crippen LogP contribution >= 0.6 is 0 Å². The lowest BCUT2D eigenvalue weighted by Gasteiger charge is -2.22. The molecule has 2 aliphatic rings. The van der Waals surface area contributed by atoms with Gasteiger partial charge < -0.3 is 20.1 Å². The topological polar surface area (TPSA) is 97.0 Å². The molecule has 1 atom stereocenters. The highest BCUT2D eigenvalue weighted by molar-refractivity contribution is 6.10. The minimum atomic E-state index is -1.25. The second-order valence-electron chi connectivity index (χ2n) is 7.62. The molecule has 0 radical (unpaired) electrons. The van der Waals surface area contributed by atoms with Crippen LogP contribution in [0.25, 0.3) is 10.8 Å². The van der Waals surface area contributed by atoms with E-state index in [0.717, 1.165) is 15.7 Å². The summed E-state index contributed by atoms with van der Waals surface area (Å²) in [6.45, 7) is 1.37. The van der Waals surface area contributed by atoms with E-state index in [1.165, 1.54) is 0 Å². The molecule has 0 saturated carbocycles. The molecule has 1 saturated heterocycles. The highest BCUT2D eigenvalue weighted by Gasteiger charge is 2.49. The van der Waals surface area contributed by atoms with Gasteiger partial charge >= 0.3 is 6.03 Å². The van der Waals surface area contributed by atoms with Crippen molar-refractivity contribution in [3.63, 3.8) is 0 Å². The minimum Gasteiger partial charge on any atom is -0.454 e. The highest BCUT2D eigenvalue weighted by Crippen LogP contribution is 2.34. The maximum Gasteiger partial charge on any atom is 0.325 e. The van der Waals surface area contributed by atoms with Crippen molar-refractivity contribution in [3.8, 4) is 11.5 Å². The first kappa shape index (κ1) is 18.9. The van der Waals surface area contributed by atoms with Gasteiger partial charge in [0.2, 0.25) is 12.7 Å². The van der Waals surface area contributed by atoms with Gasteiger partial charge in [-0.05, 0) is 41.5 Å². The molecule has 3 aromatic carbocycles. The summed E-state index contributed by atoms with van der Waals surface area (Å²) in [5, 5.41) is 7.41. The molecule has 8 nitrogen and oxygen atoms in total. The molecule has 0 unspecified atom stereocenters. The lowest BCUT2D eigenvalue weighted by molar-refractivity contribution is -0.133. The first-order valence-electron chi connectivity index (χ1n) is 9.77. The number of carbonyl (C=O) groups is 3. The largest absolute Gasteiger partial charge is 0.454 e. The molecule has 0 aromatic heterocycles. The van der Waals surface area contributed by atoms with Gasteiger partial charge in [-0.1, -0.05) is 36.4 Å². The number of fused-ring (bicyclic) bond motifs is 2. The SMILES string of the molecule is C[C@@]1(c2ccc3ccccc3c2)NC(=O)N(CC(=O)Nc2ccc3c(c2)OCO3)C1=O. The molecule has 3 aromatic rings. The van der Waals surface area contributed by atoms with Crippen molar-refractivity contribution in [1.29, 1.82) is 0 Å². The zero-order valence-corrected chi connectivity index (χ0v) is 16.7. The number of nitrogens with zero attached hydrogens (tertiary/aromatic N) is 1.